The number of carbonyl (C=O) groups excluding carboxylic acids is 1. The van der Waals surface area contributed by atoms with Crippen molar-refractivity contribution in [2.45, 2.75) is 20.5 Å². The monoisotopic (exact) mass is 306 g/mol. The molecule has 1 heterocycles. The molecule has 1 aromatic heterocycles. The zero-order valence-corrected chi connectivity index (χ0v) is 13.1. The topological polar surface area (TPSA) is 60.5 Å². The van der Waals surface area contributed by atoms with Gasteiger partial charge in [0, 0.05) is 18.4 Å². The Balaban J connectivity index is 2.30. The highest BCUT2D eigenvalue weighted by atomic mass is 32.1. The molecule has 21 heavy (non-hydrogen) atoms. The number of aryl methyl sites for hydroxylation is 1. The van der Waals surface area contributed by atoms with E-state index < -0.39 is 0 Å². The first kappa shape index (κ1) is 15.5. The SMILES string of the molecule is CCOC(=O)c1c(C)nsc1Nc1ccccc1COC. The van der Waals surface area contributed by atoms with Crippen LogP contribution in [-0.4, -0.2) is 24.1 Å². The van der Waals surface area contributed by atoms with Crippen molar-refractivity contribution >= 4 is 28.2 Å². The summed E-state index contributed by atoms with van der Waals surface area (Å²) in [6, 6.07) is 7.80. The molecule has 5 nitrogen and oxygen atoms in total. The number of nitrogens with zero attached hydrogens (tertiary/aromatic N) is 1. The summed E-state index contributed by atoms with van der Waals surface area (Å²) >= 11 is 1.25. The average molecular weight is 306 g/mol. The van der Waals surface area contributed by atoms with Crippen molar-refractivity contribution in [3.05, 3.63) is 41.1 Å². The summed E-state index contributed by atoms with van der Waals surface area (Å²) in [5.74, 6) is -0.351. The van der Waals surface area contributed by atoms with Crippen LogP contribution in [0, 0.1) is 6.92 Å². The van der Waals surface area contributed by atoms with Crippen LogP contribution in [0.3, 0.4) is 0 Å². The standard InChI is InChI=1S/C15H18N2O3S/c1-4-20-15(18)13-10(2)17-21-14(13)16-12-8-6-5-7-11(12)9-19-3/h5-8,16H,4,9H2,1-3H3. The van der Waals surface area contributed by atoms with Crippen LogP contribution < -0.4 is 5.32 Å². The molecular formula is C15H18N2O3S. The smallest absolute Gasteiger partial charge is 0.343 e. The molecule has 0 saturated carbocycles. The van der Waals surface area contributed by atoms with Gasteiger partial charge in [0.05, 0.1) is 18.9 Å². The van der Waals surface area contributed by atoms with Gasteiger partial charge in [-0.25, -0.2) is 4.79 Å². The molecule has 0 spiro atoms. The maximum atomic E-state index is 12.0. The molecule has 0 bridgehead atoms. The Bertz CT molecular complexity index is 625. The van der Waals surface area contributed by atoms with E-state index in [0.29, 0.717) is 29.5 Å². The highest BCUT2D eigenvalue weighted by molar-refractivity contribution is 7.10. The van der Waals surface area contributed by atoms with Crippen molar-refractivity contribution in [2.75, 3.05) is 19.0 Å². The van der Waals surface area contributed by atoms with E-state index in [0.717, 1.165) is 11.3 Å². The number of aromatic nitrogens is 1. The summed E-state index contributed by atoms with van der Waals surface area (Å²) < 4.78 is 14.5. The first-order valence-electron chi connectivity index (χ1n) is 6.64. The number of anilines is 2. The number of hydrogen-bond acceptors (Lipinski definition) is 6. The van der Waals surface area contributed by atoms with Crippen molar-refractivity contribution in [2.24, 2.45) is 0 Å². The van der Waals surface area contributed by atoms with E-state index >= 15 is 0 Å². The van der Waals surface area contributed by atoms with Crippen LogP contribution in [0.25, 0.3) is 0 Å². The quantitative estimate of drug-likeness (QED) is 0.827. The van der Waals surface area contributed by atoms with Crippen molar-refractivity contribution in [3.8, 4) is 0 Å². The van der Waals surface area contributed by atoms with Crippen molar-refractivity contribution in [1.29, 1.82) is 0 Å². The van der Waals surface area contributed by atoms with Crippen LogP contribution in [0.1, 0.15) is 28.5 Å². The molecule has 2 rings (SSSR count). The molecule has 0 radical (unpaired) electrons. The van der Waals surface area contributed by atoms with E-state index in [1.807, 2.05) is 24.3 Å². The summed E-state index contributed by atoms with van der Waals surface area (Å²) in [6.45, 7) is 4.42. The highest BCUT2D eigenvalue weighted by Gasteiger charge is 2.20. The lowest BCUT2D eigenvalue weighted by Gasteiger charge is -2.11. The van der Waals surface area contributed by atoms with Crippen LogP contribution in [-0.2, 0) is 16.1 Å². The van der Waals surface area contributed by atoms with E-state index in [1.54, 1.807) is 21.0 Å². The number of nitrogens with one attached hydrogen (secondary N) is 1. The van der Waals surface area contributed by atoms with Crippen LogP contribution in [0.2, 0.25) is 0 Å². The van der Waals surface area contributed by atoms with E-state index in [1.165, 1.54) is 11.5 Å². The van der Waals surface area contributed by atoms with Crippen LogP contribution >= 0.6 is 11.5 Å². The van der Waals surface area contributed by atoms with Gasteiger partial charge < -0.3 is 14.8 Å². The van der Waals surface area contributed by atoms with Gasteiger partial charge in [0.1, 0.15) is 10.6 Å². The third-order valence-electron chi connectivity index (χ3n) is 2.91. The van der Waals surface area contributed by atoms with Gasteiger partial charge in [0.2, 0.25) is 0 Å². The zero-order chi connectivity index (χ0) is 15.2. The Morgan fingerprint density at radius 2 is 2.14 bits per heavy atom. The highest BCUT2D eigenvalue weighted by Crippen LogP contribution is 2.30. The van der Waals surface area contributed by atoms with Gasteiger partial charge in [-0.05, 0) is 31.4 Å². The molecular weight excluding hydrogens is 288 g/mol. The number of esters is 1. The third kappa shape index (κ3) is 3.59. The third-order valence-corrected chi connectivity index (χ3v) is 3.76. The van der Waals surface area contributed by atoms with Gasteiger partial charge >= 0.3 is 5.97 Å². The molecule has 0 atom stereocenters. The zero-order valence-electron chi connectivity index (χ0n) is 12.3. The molecule has 0 aliphatic rings. The average Bonchev–Trinajstić information content (AvgIpc) is 2.82. The number of hydrogen-bond donors (Lipinski definition) is 1. The molecule has 112 valence electrons. The Hall–Kier alpha value is -1.92. The van der Waals surface area contributed by atoms with Crippen LogP contribution in [0.15, 0.2) is 24.3 Å². The fraction of sp³-hybridized carbons (Fsp3) is 0.333. The van der Waals surface area contributed by atoms with E-state index in [4.69, 9.17) is 9.47 Å². The maximum Gasteiger partial charge on any atom is 0.343 e. The van der Waals surface area contributed by atoms with Crippen molar-refractivity contribution in [1.82, 2.24) is 4.37 Å². The molecule has 0 amide bonds. The van der Waals surface area contributed by atoms with Crippen molar-refractivity contribution in [3.63, 3.8) is 0 Å². The number of rotatable bonds is 6. The second-order valence-electron chi connectivity index (χ2n) is 4.41. The lowest BCUT2D eigenvalue weighted by Crippen LogP contribution is -2.08. The summed E-state index contributed by atoms with van der Waals surface area (Å²) in [5.41, 5.74) is 3.08. The molecule has 6 heteroatoms. The van der Waals surface area contributed by atoms with Gasteiger partial charge in [-0.1, -0.05) is 18.2 Å². The number of para-hydroxylation sites is 1. The lowest BCUT2D eigenvalue weighted by molar-refractivity contribution is 0.0527. The summed E-state index contributed by atoms with van der Waals surface area (Å²) in [4.78, 5) is 12.0. The molecule has 0 aliphatic carbocycles. The predicted molar refractivity (Wildman–Crippen MR) is 83.2 cm³/mol. The fourth-order valence-electron chi connectivity index (χ4n) is 1.94. The summed E-state index contributed by atoms with van der Waals surface area (Å²) in [6.07, 6.45) is 0. The second kappa shape index (κ2) is 7.19. The molecule has 0 fully saturated rings. The van der Waals surface area contributed by atoms with Gasteiger partial charge in [0.25, 0.3) is 0 Å². The Kier molecular flexibility index (Phi) is 5.30. The van der Waals surface area contributed by atoms with Crippen LogP contribution in [0.5, 0.6) is 0 Å². The van der Waals surface area contributed by atoms with Crippen LogP contribution in [0.4, 0.5) is 10.7 Å². The first-order valence-corrected chi connectivity index (χ1v) is 7.42. The number of carbonyl (C=O) groups is 1. The normalized spacial score (nSPS) is 10.4. The minimum atomic E-state index is -0.351. The number of methoxy groups -OCH3 is 1. The Morgan fingerprint density at radius 3 is 2.86 bits per heavy atom. The lowest BCUT2D eigenvalue weighted by atomic mass is 10.2. The molecule has 0 aliphatic heterocycles. The second-order valence-corrected chi connectivity index (χ2v) is 5.18. The van der Waals surface area contributed by atoms with Gasteiger partial charge in [-0.2, -0.15) is 4.37 Å². The molecule has 0 unspecified atom stereocenters. The molecule has 0 saturated heterocycles. The number of ether oxygens (including phenoxy) is 2. The minimum absolute atomic E-state index is 0.341. The Morgan fingerprint density at radius 1 is 1.38 bits per heavy atom. The van der Waals surface area contributed by atoms with Gasteiger partial charge in [-0.15, -0.1) is 0 Å². The largest absolute Gasteiger partial charge is 0.462 e. The minimum Gasteiger partial charge on any atom is -0.462 e. The van der Waals surface area contributed by atoms with Crippen molar-refractivity contribution < 1.29 is 14.3 Å². The number of benzene rings is 1. The summed E-state index contributed by atoms with van der Waals surface area (Å²) in [5, 5.41) is 3.95. The predicted octanol–water partition coefficient (Wildman–Crippen LogP) is 3.52. The fourth-order valence-corrected chi connectivity index (χ4v) is 2.74. The summed E-state index contributed by atoms with van der Waals surface area (Å²) in [7, 11) is 1.65. The van der Waals surface area contributed by atoms with E-state index in [-0.39, 0.29) is 5.97 Å². The van der Waals surface area contributed by atoms with E-state index in [2.05, 4.69) is 9.69 Å². The van der Waals surface area contributed by atoms with Gasteiger partial charge in [0.15, 0.2) is 0 Å². The first-order chi connectivity index (χ1) is 10.2. The van der Waals surface area contributed by atoms with Gasteiger partial charge in [-0.3, -0.25) is 0 Å². The Labute approximate surface area is 128 Å². The molecule has 1 N–H and O–H groups in total. The molecule has 2 aromatic rings. The van der Waals surface area contributed by atoms with E-state index in [9.17, 15) is 4.79 Å². The molecule has 1 aromatic carbocycles. The maximum absolute atomic E-state index is 12.0.